The van der Waals surface area contributed by atoms with Crippen LogP contribution in [0.1, 0.15) is 0 Å². The van der Waals surface area contributed by atoms with Gasteiger partial charge in [-0.2, -0.15) is 0 Å². The van der Waals surface area contributed by atoms with Crippen molar-refractivity contribution < 1.29 is 9.47 Å². The van der Waals surface area contributed by atoms with Gasteiger partial charge in [-0.15, -0.1) is 0 Å². The van der Waals surface area contributed by atoms with Gasteiger partial charge in [0.1, 0.15) is 11.5 Å². The topological polar surface area (TPSA) is 18.5 Å². The third-order valence-corrected chi connectivity index (χ3v) is 1.19. The summed E-state index contributed by atoms with van der Waals surface area (Å²) >= 11 is 0. The Hall–Kier alpha value is -1.18. The number of hydrogen-bond donors (Lipinski definition) is 0. The lowest BCUT2D eigenvalue weighted by Crippen LogP contribution is -2.09. The third-order valence-electron chi connectivity index (χ3n) is 1.19. The maximum Gasteiger partial charge on any atom is 0.230 e. The fourth-order valence-electron chi connectivity index (χ4n) is 0.759. The molecule has 2 bridgehead atoms. The molecule has 9 heavy (non-hydrogen) atoms. The Morgan fingerprint density at radius 1 is 1.44 bits per heavy atom. The molecular weight excluding hydrogens is 116 g/mol. The first-order chi connectivity index (χ1) is 4.45. The number of benzene rings is 1. The van der Waals surface area contributed by atoms with Gasteiger partial charge in [0.15, 0.2) is 0 Å². The Bertz CT molecular complexity index is 201. The summed E-state index contributed by atoms with van der Waals surface area (Å²) in [7, 11) is 0. The van der Waals surface area contributed by atoms with Crippen molar-refractivity contribution in [1.29, 1.82) is 0 Å². The van der Waals surface area contributed by atoms with E-state index in [2.05, 4.69) is 6.07 Å². The molecule has 0 saturated carbocycles. The molecule has 0 aliphatic carbocycles. The maximum absolute atomic E-state index is 5.04. The van der Waals surface area contributed by atoms with E-state index in [1.165, 1.54) is 0 Å². The molecule has 2 rings (SSSR count). The average Bonchev–Trinajstić information content (AvgIpc) is 1.88. The summed E-state index contributed by atoms with van der Waals surface area (Å²) in [5.74, 6) is 1.62. The molecule has 2 heteroatoms. The van der Waals surface area contributed by atoms with Crippen molar-refractivity contribution in [3.05, 3.63) is 24.3 Å². The largest absolute Gasteiger partial charge is 0.457 e. The molecule has 1 heterocycles. The van der Waals surface area contributed by atoms with Crippen molar-refractivity contribution in [2.75, 3.05) is 6.79 Å². The van der Waals surface area contributed by atoms with Crippen LogP contribution in [0.5, 0.6) is 11.5 Å². The van der Waals surface area contributed by atoms with Crippen LogP contribution in [0.25, 0.3) is 0 Å². The van der Waals surface area contributed by atoms with Gasteiger partial charge >= 0.3 is 0 Å². The minimum atomic E-state index is 0.318. The molecule has 1 radical (unpaired) electrons. The lowest BCUT2D eigenvalue weighted by atomic mass is 10.3. The molecule has 0 atom stereocenters. The van der Waals surface area contributed by atoms with E-state index in [0.29, 0.717) is 6.79 Å². The second-order valence-electron chi connectivity index (χ2n) is 1.80. The maximum atomic E-state index is 5.04. The van der Waals surface area contributed by atoms with Crippen LogP contribution in [0.15, 0.2) is 18.2 Å². The molecule has 1 aromatic rings. The molecule has 0 N–H and O–H groups in total. The van der Waals surface area contributed by atoms with Crippen molar-refractivity contribution in [2.24, 2.45) is 0 Å². The Balaban J connectivity index is 2.53. The molecule has 1 aliphatic heterocycles. The highest BCUT2D eigenvalue weighted by molar-refractivity contribution is 5.33. The van der Waals surface area contributed by atoms with Gasteiger partial charge < -0.3 is 9.47 Å². The van der Waals surface area contributed by atoms with Crippen LogP contribution in [0.4, 0.5) is 0 Å². The predicted octanol–water partition coefficient (Wildman–Crippen LogP) is 1.22. The fourth-order valence-corrected chi connectivity index (χ4v) is 0.759. The summed E-state index contributed by atoms with van der Waals surface area (Å²) in [6.45, 7) is 0.318. The Labute approximate surface area is 53.0 Å². The lowest BCUT2D eigenvalue weighted by Gasteiger charge is -2.13. The van der Waals surface area contributed by atoms with Crippen LogP contribution in [0, 0.1) is 6.07 Å². The first kappa shape index (κ1) is 4.68. The molecular formula is C7H5O2. The minimum absolute atomic E-state index is 0.318. The van der Waals surface area contributed by atoms with Crippen LogP contribution in [-0.2, 0) is 0 Å². The number of rotatable bonds is 0. The van der Waals surface area contributed by atoms with Crippen molar-refractivity contribution in [3.8, 4) is 11.5 Å². The van der Waals surface area contributed by atoms with E-state index in [0.717, 1.165) is 11.5 Å². The van der Waals surface area contributed by atoms with Crippen LogP contribution in [0.2, 0.25) is 0 Å². The standard InChI is InChI=1S/C7H5O2/c1-2-6-4-7(3-1)9-5-8-6/h1-2,4H,5H2. The summed E-state index contributed by atoms with van der Waals surface area (Å²) in [4.78, 5) is 0. The van der Waals surface area contributed by atoms with Crippen LogP contribution < -0.4 is 9.47 Å². The van der Waals surface area contributed by atoms with Gasteiger partial charge in [0.25, 0.3) is 0 Å². The summed E-state index contributed by atoms with van der Waals surface area (Å²) in [6.07, 6.45) is 0. The Morgan fingerprint density at radius 2 is 2.44 bits per heavy atom. The van der Waals surface area contributed by atoms with Gasteiger partial charge in [-0.1, -0.05) is 0 Å². The summed E-state index contributed by atoms with van der Waals surface area (Å²) in [5, 5.41) is 0. The van der Waals surface area contributed by atoms with Crippen molar-refractivity contribution in [1.82, 2.24) is 0 Å². The summed E-state index contributed by atoms with van der Waals surface area (Å²) < 4.78 is 10.0. The van der Waals surface area contributed by atoms with Gasteiger partial charge in [-0.25, -0.2) is 0 Å². The van der Waals surface area contributed by atoms with E-state index in [1.807, 2.05) is 12.1 Å². The normalized spacial score (nSPS) is 13.8. The monoisotopic (exact) mass is 121 g/mol. The zero-order valence-electron chi connectivity index (χ0n) is 4.76. The molecule has 1 aliphatic rings. The van der Waals surface area contributed by atoms with Crippen LogP contribution in [-0.4, -0.2) is 6.79 Å². The average molecular weight is 121 g/mol. The van der Waals surface area contributed by atoms with Crippen molar-refractivity contribution in [2.45, 2.75) is 0 Å². The van der Waals surface area contributed by atoms with Gasteiger partial charge in [0.05, 0.1) is 0 Å². The second-order valence-corrected chi connectivity index (χ2v) is 1.80. The van der Waals surface area contributed by atoms with Crippen molar-refractivity contribution in [3.63, 3.8) is 0 Å². The van der Waals surface area contributed by atoms with E-state index < -0.39 is 0 Å². The van der Waals surface area contributed by atoms with E-state index in [9.17, 15) is 0 Å². The highest BCUT2D eigenvalue weighted by Crippen LogP contribution is 2.22. The smallest absolute Gasteiger partial charge is 0.230 e. The second kappa shape index (κ2) is 1.65. The lowest BCUT2D eigenvalue weighted by molar-refractivity contribution is 0.105. The van der Waals surface area contributed by atoms with Gasteiger partial charge in [-0.3, -0.25) is 0 Å². The van der Waals surface area contributed by atoms with Gasteiger partial charge in [0, 0.05) is 12.1 Å². The van der Waals surface area contributed by atoms with Gasteiger partial charge in [-0.05, 0) is 12.1 Å². The molecule has 0 spiro atoms. The molecule has 0 fully saturated rings. The molecule has 1 aromatic carbocycles. The predicted molar refractivity (Wildman–Crippen MR) is 31.4 cm³/mol. The first-order valence-corrected chi connectivity index (χ1v) is 2.72. The van der Waals surface area contributed by atoms with Crippen LogP contribution >= 0.6 is 0 Å². The Morgan fingerprint density at radius 3 is 3.22 bits per heavy atom. The number of fused-ring (bicyclic) bond motifs is 2. The summed E-state index contributed by atoms with van der Waals surface area (Å²) in [5.41, 5.74) is 0. The molecule has 0 aromatic heterocycles. The van der Waals surface area contributed by atoms with Crippen molar-refractivity contribution >= 4 is 0 Å². The highest BCUT2D eigenvalue weighted by Gasteiger charge is 2.03. The van der Waals surface area contributed by atoms with Gasteiger partial charge in [0.2, 0.25) is 6.79 Å². The number of ether oxygens (including phenoxy) is 2. The quantitative estimate of drug-likeness (QED) is 0.513. The fraction of sp³-hybridized carbons (Fsp3) is 0.143. The molecule has 0 unspecified atom stereocenters. The third kappa shape index (κ3) is 0.721. The number of hydrogen-bond acceptors (Lipinski definition) is 2. The van der Waals surface area contributed by atoms with E-state index >= 15 is 0 Å². The van der Waals surface area contributed by atoms with E-state index in [4.69, 9.17) is 9.47 Å². The van der Waals surface area contributed by atoms with Crippen LogP contribution in [0.3, 0.4) is 0 Å². The molecule has 2 nitrogen and oxygen atoms in total. The Kier molecular flexibility index (Phi) is 0.859. The van der Waals surface area contributed by atoms with E-state index in [1.54, 1.807) is 6.07 Å². The van der Waals surface area contributed by atoms with E-state index in [-0.39, 0.29) is 0 Å². The summed E-state index contributed by atoms with van der Waals surface area (Å²) in [6, 6.07) is 8.35. The minimum Gasteiger partial charge on any atom is -0.457 e. The molecule has 45 valence electrons. The zero-order valence-corrected chi connectivity index (χ0v) is 4.76. The first-order valence-electron chi connectivity index (χ1n) is 2.72. The SMILES string of the molecule is [c]1ccc2cc1OCO2. The highest BCUT2D eigenvalue weighted by atomic mass is 16.7. The molecule has 0 saturated heterocycles. The molecule has 0 amide bonds. The zero-order chi connectivity index (χ0) is 6.10.